The summed E-state index contributed by atoms with van der Waals surface area (Å²) >= 11 is 0. The smallest absolute Gasteiger partial charge is 0.0562 e. The molecule has 8 aromatic carbocycles. The SMILES string of the molecule is c1ccc(-c2ccccc2-n2c3ccccc3c3c(-n4c5ccccc5c5c(-n6c7ccccc7c7ccccc76)cccc54)cccc32)cc1. The van der Waals surface area contributed by atoms with Crippen LogP contribution in [0.15, 0.2) is 188 Å². The zero-order valence-corrected chi connectivity index (χ0v) is 27.7. The molecule has 3 heteroatoms. The summed E-state index contributed by atoms with van der Waals surface area (Å²) in [6.07, 6.45) is 0. The Labute approximate surface area is 294 Å². The van der Waals surface area contributed by atoms with Gasteiger partial charge in [0.15, 0.2) is 0 Å². The van der Waals surface area contributed by atoms with Crippen LogP contribution in [0.3, 0.4) is 0 Å². The summed E-state index contributed by atoms with van der Waals surface area (Å²) in [7, 11) is 0. The number of hydrogen-bond donors (Lipinski definition) is 0. The van der Waals surface area contributed by atoms with E-state index in [1.54, 1.807) is 0 Å². The topological polar surface area (TPSA) is 14.8 Å². The van der Waals surface area contributed by atoms with Gasteiger partial charge in [0.25, 0.3) is 0 Å². The molecule has 11 rings (SSSR count). The number of nitrogens with zero attached hydrogens (tertiary/aromatic N) is 3. The predicted molar refractivity (Wildman–Crippen MR) is 215 cm³/mol. The van der Waals surface area contributed by atoms with E-state index in [1.165, 1.54) is 93.6 Å². The Morgan fingerprint density at radius 3 is 1.14 bits per heavy atom. The van der Waals surface area contributed by atoms with Crippen LogP contribution in [0.2, 0.25) is 0 Å². The fourth-order valence-corrected chi connectivity index (χ4v) is 8.61. The highest BCUT2D eigenvalue weighted by atomic mass is 15.0. The molecule has 3 nitrogen and oxygen atoms in total. The summed E-state index contributed by atoms with van der Waals surface area (Å²) in [5.41, 5.74) is 13.1. The van der Waals surface area contributed by atoms with Gasteiger partial charge in [-0.25, -0.2) is 0 Å². The van der Waals surface area contributed by atoms with E-state index < -0.39 is 0 Å². The van der Waals surface area contributed by atoms with Gasteiger partial charge in [-0.15, -0.1) is 0 Å². The predicted octanol–water partition coefficient (Wildman–Crippen LogP) is 12.6. The van der Waals surface area contributed by atoms with Gasteiger partial charge in [0.1, 0.15) is 0 Å². The van der Waals surface area contributed by atoms with Crippen LogP contribution in [-0.2, 0) is 0 Å². The van der Waals surface area contributed by atoms with Crippen molar-refractivity contribution in [1.29, 1.82) is 0 Å². The van der Waals surface area contributed by atoms with Crippen LogP contribution in [0.1, 0.15) is 0 Å². The van der Waals surface area contributed by atoms with Gasteiger partial charge in [-0.1, -0.05) is 133 Å². The summed E-state index contributed by atoms with van der Waals surface area (Å²) in [5, 5.41) is 7.48. The molecule has 0 fully saturated rings. The Bertz CT molecular complexity index is 3080. The lowest BCUT2D eigenvalue weighted by Crippen LogP contribution is -1.98. The van der Waals surface area contributed by atoms with Crippen molar-refractivity contribution in [3.63, 3.8) is 0 Å². The van der Waals surface area contributed by atoms with Gasteiger partial charge >= 0.3 is 0 Å². The van der Waals surface area contributed by atoms with Gasteiger partial charge in [-0.05, 0) is 60.2 Å². The van der Waals surface area contributed by atoms with Gasteiger partial charge in [0.05, 0.1) is 50.2 Å². The van der Waals surface area contributed by atoms with E-state index in [0.29, 0.717) is 0 Å². The van der Waals surface area contributed by atoms with E-state index in [0.717, 1.165) is 0 Å². The first-order valence-electron chi connectivity index (χ1n) is 17.5. The molecule has 51 heavy (non-hydrogen) atoms. The third-order valence-electron chi connectivity index (χ3n) is 10.6. The molecule has 3 aromatic heterocycles. The zero-order valence-electron chi connectivity index (χ0n) is 27.7. The van der Waals surface area contributed by atoms with Gasteiger partial charge in [-0.3, -0.25) is 0 Å². The maximum Gasteiger partial charge on any atom is 0.0562 e. The van der Waals surface area contributed by atoms with Crippen LogP contribution in [0.4, 0.5) is 0 Å². The quantitative estimate of drug-likeness (QED) is 0.180. The molecule has 0 bridgehead atoms. The lowest BCUT2D eigenvalue weighted by Gasteiger charge is -2.15. The number of hydrogen-bond acceptors (Lipinski definition) is 0. The van der Waals surface area contributed by atoms with Gasteiger partial charge in [-0.2, -0.15) is 0 Å². The third-order valence-corrected chi connectivity index (χ3v) is 10.6. The molecule has 0 radical (unpaired) electrons. The Hall–Kier alpha value is -6.84. The standard InChI is InChI=1S/C48H31N3/c1-2-16-32(17-3-1)33-18-4-9-23-38(33)49-41-26-12-7-21-36(41)47-43(49)28-14-30-45(47)51-42-27-13-8-22-37(42)48-44(29-15-31-46(48)51)50-39-24-10-5-19-34(39)35-20-6-11-25-40(35)50/h1-31H. The normalized spacial score (nSPS) is 11.9. The Kier molecular flexibility index (Phi) is 5.96. The molecule has 0 amide bonds. The van der Waals surface area contributed by atoms with Gasteiger partial charge in [0.2, 0.25) is 0 Å². The van der Waals surface area contributed by atoms with E-state index >= 15 is 0 Å². The summed E-state index contributed by atoms with van der Waals surface area (Å²) in [4.78, 5) is 0. The highest BCUT2D eigenvalue weighted by Crippen LogP contribution is 2.43. The van der Waals surface area contributed by atoms with Crippen molar-refractivity contribution in [1.82, 2.24) is 13.7 Å². The molecule has 0 saturated carbocycles. The van der Waals surface area contributed by atoms with Crippen molar-refractivity contribution in [2.24, 2.45) is 0 Å². The second-order valence-corrected chi connectivity index (χ2v) is 13.3. The van der Waals surface area contributed by atoms with E-state index in [-0.39, 0.29) is 0 Å². The second-order valence-electron chi connectivity index (χ2n) is 13.3. The molecular formula is C48H31N3. The molecule has 0 atom stereocenters. The van der Waals surface area contributed by atoms with E-state index in [2.05, 4.69) is 202 Å². The molecule has 238 valence electrons. The summed E-state index contributed by atoms with van der Waals surface area (Å²) in [6.45, 7) is 0. The van der Waals surface area contributed by atoms with Crippen LogP contribution >= 0.6 is 0 Å². The average Bonchev–Trinajstić information content (AvgIpc) is 3.84. The van der Waals surface area contributed by atoms with Crippen LogP contribution in [-0.4, -0.2) is 13.7 Å². The molecular weight excluding hydrogens is 619 g/mol. The molecule has 0 aliphatic rings. The van der Waals surface area contributed by atoms with Crippen molar-refractivity contribution in [3.8, 4) is 28.2 Å². The highest BCUT2D eigenvalue weighted by Gasteiger charge is 2.23. The summed E-state index contributed by atoms with van der Waals surface area (Å²) < 4.78 is 7.40. The highest BCUT2D eigenvalue weighted by molar-refractivity contribution is 6.19. The minimum atomic E-state index is 1.17. The first-order chi connectivity index (χ1) is 25.4. The van der Waals surface area contributed by atoms with Gasteiger partial charge in [0, 0.05) is 37.9 Å². The molecule has 3 heterocycles. The Morgan fingerprint density at radius 2 is 0.588 bits per heavy atom. The van der Waals surface area contributed by atoms with E-state index in [9.17, 15) is 0 Å². The number of fused-ring (bicyclic) bond motifs is 9. The monoisotopic (exact) mass is 649 g/mol. The van der Waals surface area contributed by atoms with Crippen LogP contribution in [0.5, 0.6) is 0 Å². The summed E-state index contributed by atoms with van der Waals surface area (Å²) in [6, 6.07) is 68.3. The fraction of sp³-hybridized carbons (Fsp3) is 0. The average molecular weight is 650 g/mol. The number of rotatable bonds is 4. The van der Waals surface area contributed by atoms with Crippen LogP contribution in [0.25, 0.3) is 93.6 Å². The fourth-order valence-electron chi connectivity index (χ4n) is 8.61. The first kappa shape index (κ1) is 28.0. The van der Waals surface area contributed by atoms with Crippen molar-refractivity contribution in [2.75, 3.05) is 0 Å². The first-order valence-corrected chi connectivity index (χ1v) is 17.5. The second kappa shape index (κ2) is 10.8. The van der Waals surface area contributed by atoms with Crippen LogP contribution in [0, 0.1) is 0 Å². The molecule has 0 aliphatic heterocycles. The number of aromatic nitrogens is 3. The number of para-hydroxylation sites is 5. The molecule has 0 unspecified atom stereocenters. The Balaban J connectivity index is 1.26. The lowest BCUT2D eigenvalue weighted by atomic mass is 10.0. The molecule has 0 N–H and O–H groups in total. The van der Waals surface area contributed by atoms with Crippen molar-refractivity contribution >= 4 is 65.4 Å². The molecule has 0 saturated heterocycles. The minimum absolute atomic E-state index is 1.17. The van der Waals surface area contributed by atoms with Crippen molar-refractivity contribution < 1.29 is 0 Å². The molecule has 11 aromatic rings. The summed E-state index contributed by atoms with van der Waals surface area (Å²) in [5.74, 6) is 0. The van der Waals surface area contributed by atoms with E-state index in [4.69, 9.17) is 0 Å². The lowest BCUT2D eigenvalue weighted by molar-refractivity contribution is 1.17. The van der Waals surface area contributed by atoms with Gasteiger partial charge < -0.3 is 13.7 Å². The minimum Gasteiger partial charge on any atom is -0.309 e. The molecule has 0 aliphatic carbocycles. The Morgan fingerprint density at radius 1 is 0.235 bits per heavy atom. The van der Waals surface area contributed by atoms with Crippen molar-refractivity contribution in [2.45, 2.75) is 0 Å². The number of benzene rings is 8. The third kappa shape index (κ3) is 3.94. The van der Waals surface area contributed by atoms with Crippen molar-refractivity contribution in [3.05, 3.63) is 188 Å². The van der Waals surface area contributed by atoms with E-state index in [1.807, 2.05) is 0 Å². The molecule has 0 spiro atoms. The largest absolute Gasteiger partial charge is 0.309 e. The van der Waals surface area contributed by atoms with Crippen LogP contribution < -0.4 is 0 Å². The maximum atomic E-state index is 2.49. The maximum absolute atomic E-state index is 2.49. The zero-order chi connectivity index (χ0) is 33.5.